The second-order valence-corrected chi connectivity index (χ2v) is 5.50. The van der Waals surface area contributed by atoms with Crippen LogP contribution in [-0.2, 0) is 5.67 Å². The monoisotopic (exact) mass is 251 g/mol. The van der Waals surface area contributed by atoms with Gasteiger partial charge in [-0.05, 0) is 45.7 Å². The predicted octanol–water partition coefficient (Wildman–Crippen LogP) is 3.63. The molecule has 1 fully saturated rings. The van der Waals surface area contributed by atoms with Crippen molar-refractivity contribution in [3.8, 4) is 5.75 Å². The summed E-state index contributed by atoms with van der Waals surface area (Å²) < 4.78 is 19.8. The highest BCUT2D eigenvalue weighted by atomic mass is 19.1. The van der Waals surface area contributed by atoms with Crippen LogP contribution < -0.4 is 10.1 Å². The first kappa shape index (κ1) is 13.3. The molecule has 0 saturated carbocycles. The molecule has 18 heavy (non-hydrogen) atoms. The molecule has 0 amide bonds. The number of benzene rings is 1. The normalized spacial score (nSPS) is 20.2. The number of aryl methyl sites for hydroxylation is 1. The zero-order valence-electron chi connectivity index (χ0n) is 11.6. The number of nitrogens with one attached hydrogen (secondary N) is 1. The first-order valence-corrected chi connectivity index (χ1v) is 6.55. The number of hydrogen-bond acceptors (Lipinski definition) is 2. The van der Waals surface area contributed by atoms with Crippen LogP contribution in [-0.4, -0.2) is 13.7 Å². The Hall–Kier alpha value is -1.09. The topological polar surface area (TPSA) is 21.3 Å². The van der Waals surface area contributed by atoms with Crippen molar-refractivity contribution in [2.45, 2.75) is 45.3 Å². The minimum Gasteiger partial charge on any atom is -0.496 e. The first-order valence-electron chi connectivity index (χ1n) is 6.55. The van der Waals surface area contributed by atoms with Crippen molar-refractivity contribution in [2.75, 3.05) is 13.7 Å². The van der Waals surface area contributed by atoms with Gasteiger partial charge >= 0.3 is 0 Å². The molecule has 1 aromatic rings. The standard InChI is InChI=1S/C15H22FNO/c1-10-7-8-11(15(2,3)16)14(18-4)13(10)12-6-5-9-17-12/h7-8,12,17H,5-6,9H2,1-4H3. The molecule has 100 valence electrons. The quantitative estimate of drug-likeness (QED) is 0.885. The van der Waals surface area contributed by atoms with E-state index in [4.69, 9.17) is 4.74 Å². The average molecular weight is 251 g/mol. The maximum atomic E-state index is 14.3. The second kappa shape index (κ2) is 4.88. The zero-order chi connectivity index (χ0) is 13.3. The summed E-state index contributed by atoms with van der Waals surface area (Å²) in [5, 5.41) is 3.46. The number of methoxy groups -OCH3 is 1. The van der Waals surface area contributed by atoms with Gasteiger partial charge in [0.25, 0.3) is 0 Å². The molecule has 2 nitrogen and oxygen atoms in total. The molecule has 0 aromatic heterocycles. The van der Waals surface area contributed by atoms with Crippen LogP contribution in [0.4, 0.5) is 4.39 Å². The van der Waals surface area contributed by atoms with Gasteiger partial charge in [-0.3, -0.25) is 0 Å². The molecule has 1 unspecified atom stereocenters. The second-order valence-electron chi connectivity index (χ2n) is 5.50. The summed E-state index contributed by atoms with van der Waals surface area (Å²) in [6.07, 6.45) is 2.25. The predicted molar refractivity (Wildman–Crippen MR) is 71.8 cm³/mol. The van der Waals surface area contributed by atoms with Crippen LogP contribution in [0.2, 0.25) is 0 Å². The largest absolute Gasteiger partial charge is 0.496 e. The SMILES string of the molecule is COc1c(C(C)(C)F)ccc(C)c1C1CCCN1. The summed E-state index contributed by atoms with van der Waals surface area (Å²) >= 11 is 0. The first-order chi connectivity index (χ1) is 8.45. The summed E-state index contributed by atoms with van der Waals surface area (Å²) in [6, 6.07) is 4.13. The highest BCUT2D eigenvalue weighted by Crippen LogP contribution is 2.41. The summed E-state index contributed by atoms with van der Waals surface area (Å²) in [4.78, 5) is 0. The molecule has 1 aliphatic rings. The Kier molecular flexibility index (Phi) is 3.62. The Morgan fingerprint density at radius 2 is 2.11 bits per heavy atom. The molecule has 1 N–H and O–H groups in total. The van der Waals surface area contributed by atoms with Gasteiger partial charge in [-0.25, -0.2) is 4.39 Å². The maximum absolute atomic E-state index is 14.3. The molecule has 2 rings (SSSR count). The van der Waals surface area contributed by atoms with E-state index in [-0.39, 0.29) is 0 Å². The van der Waals surface area contributed by atoms with Gasteiger partial charge in [0, 0.05) is 17.2 Å². The molecule has 1 heterocycles. The van der Waals surface area contributed by atoms with Crippen LogP contribution in [0.1, 0.15) is 49.4 Å². The zero-order valence-corrected chi connectivity index (χ0v) is 11.6. The molecule has 0 aliphatic carbocycles. The molecule has 0 bridgehead atoms. The van der Waals surface area contributed by atoms with Crippen molar-refractivity contribution in [3.05, 3.63) is 28.8 Å². The molecular formula is C15H22FNO. The van der Waals surface area contributed by atoms with Gasteiger partial charge in [-0.15, -0.1) is 0 Å². The van der Waals surface area contributed by atoms with Gasteiger partial charge in [0.1, 0.15) is 11.4 Å². The van der Waals surface area contributed by atoms with Gasteiger partial charge in [-0.2, -0.15) is 0 Å². The van der Waals surface area contributed by atoms with Crippen molar-refractivity contribution in [1.29, 1.82) is 0 Å². The lowest BCUT2D eigenvalue weighted by Crippen LogP contribution is -2.18. The molecule has 1 aromatic carbocycles. The molecule has 1 atom stereocenters. The minimum atomic E-state index is -1.38. The Balaban J connectivity index is 2.55. The average Bonchev–Trinajstić information content (AvgIpc) is 2.79. The molecule has 3 heteroatoms. The number of ether oxygens (including phenoxy) is 1. The van der Waals surface area contributed by atoms with E-state index in [1.165, 1.54) is 5.56 Å². The summed E-state index contributed by atoms with van der Waals surface area (Å²) in [5.41, 5.74) is 1.55. The third-order valence-electron chi connectivity index (χ3n) is 3.67. The highest BCUT2D eigenvalue weighted by molar-refractivity contribution is 5.50. The van der Waals surface area contributed by atoms with Crippen LogP contribution in [0, 0.1) is 6.92 Å². The van der Waals surface area contributed by atoms with Gasteiger partial charge in [0.2, 0.25) is 0 Å². The summed E-state index contributed by atoms with van der Waals surface area (Å²) in [7, 11) is 1.63. The Bertz CT molecular complexity index is 431. The van der Waals surface area contributed by atoms with Crippen LogP contribution in [0.3, 0.4) is 0 Å². The molecule has 1 saturated heterocycles. The van der Waals surface area contributed by atoms with E-state index in [2.05, 4.69) is 12.2 Å². The third kappa shape index (κ3) is 2.37. The number of rotatable bonds is 3. The van der Waals surface area contributed by atoms with Crippen molar-refractivity contribution in [2.24, 2.45) is 0 Å². The maximum Gasteiger partial charge on any atom is 0.134 e. The summed E-state index contributed by atoms with van der Waals surface area (Å²) in [6.45, 7) is 6.24. The van der Waals surface area contributed by atoms with E-state index >= 15 is 0 Å². The Morgan fingerprint density at radius 3 is 2.61 bits per heavy atom. The van der Waals surface area contributed by atoms with Crippen molar-refractivity contribution >= 4 is 0 Å². The highest BCUT2D eigenvalue weighted by Gasteiger charge is 2.29. The number of hydrogen-bond donors (Lipinski definition) is 1. The van der Waals surface area contributed by atoms with E-state index in [0.717, 1.165) is 24.9 Å². The fraction of sp³-hybridized carbons (Fsp3) is 0.600. The lowest BCUT2D eigenvalue weighted by molar-refractivity contribution is 0.212. The van der Waals surface area contributed by atoms with Gasteiger partial charge in [-0.1, -0.05) is 12.1 Å². The van der Waals surface area contributed by atoms with Crippen molar-refractivity contribution in [3.63, 3.8) is 0 Å². The van der Waals surface area contributed by atoms with Crippen LogP contribution in [0.5, 0.6) is 5.75 Å². The van der Waals surface area contributed by atoms with E-state index in [1.54, 1.807) is 21.0 Å². The van der Waals surface area contributed by atoms with Crippen molar-refractivity contribution in [1.82, 2.24) is 5.32 Å². The van der Waals surface area contributed by atoms with Crippen LogP contribution >= 0.6 is 0 Å². The third-order valence-corrected chi connectivity index (χ3v) is 3.67. The fourth-order valence-electron chi connectivity index (χ4n) is 2.75. The molecular weight excluding hydrogens is 229 g/mol. The van der Waals surface area contributed by atoms with E-state index < -0.39 is 5.67 Å². The van der Waals surface area contributed by atoms with Crippen LogP contribution in [0.15, 0.2) is 12.1 Å². The smallest absolute Gasteiger partial charge is 0.134 e. The fourth-order valence-corrected chi connectivity index (χ4v) is 2.75. The van der Waals surface area contributed by atoms with Gasteiger partial charge in [0.15, 0.2) is 0 Å². The Morgan fingerprint density at radius 1 is 1.39 bits per heavy atom. The van der Waals surface area contributed by atoms with E-state index in [0.29, 0.717) is 17.4 Å². The molecule has 0 radical (unpaired) electrons. The lowest BCUT2D eigenvalue weighted by atomic mass is 9.90. The number of halogens is 1. The van der Waals surface area contributed by atoms with E-state index in [1.807, 2.05) is 12.1 Å². The van der Waals surface area contributed by atoms with E-state index in [9.17, 15) is 4.39 Å². The Labute approximate surface area is 109 Å². The molecule has 0 spiro atoms. The van der Waals surface area contributed by atoms with Gasteiger partial charge in [0.05, 0.1) is 7.11 Å². The lowest BCUT2D eigenvalue weighted by Gasteiger charge is -2.25. The molecule has 1 aliphatic heterocycles. The summed E-state index contributed by atoms with van der Waals surface area (Å²) in [5.74, 6) is 0.710. The van der Waals surface area contributed by atoms with Crippen molar-refractivity contribution < 1.29 is 9.13 Å². The number of alkyl halides is 1. The van der Waals surface area contributed by atoms with Gasteiger partial charge < -0.3 is 10.1 Å². The van der Waals surface area contributed by atoms with Crippen LogP contribution in [0.25, 0.3) is 0 Å². The minimum absolute atomic E-state index is 0.294.